The maximum Gasteiger partial charge on any atom is 0.314 e. The van der Waals surface area contributed by atoms with Crippen LogP contribution >= 0.6 is 23.2 Å². The van der Waals surface area contributed by atoms with Crippen LogP contribution in [0.2, 0.25) is 10.0 Å². The van der Waals surface area contributed by atoms with Crippen LogP contribution < -0.4 is 0 Å². The molecule has 1 aromatic carbocycles. The molecule has 0 radical (unpaired) electrons. The largest absolute Gasteiger partial charge is 0.481 e. The van der Waals surface area contributed by atoms with E-state index in [-0.39, 0.29) is 10.6 Å². The normalized spacial score (nSPS) is 14.1. The Hall–Kier alpha value is -1.26. The van der Waals surface area contributed by atoms with E-state index in [9.17, 15) is 14.7 Å². The second-order valence-corrected chi connectivity index (χ2v) is 4.68. The number of halogens is 2. The highest BCUT2D eigenvalue weighted by molar-refractivity contribution is 6.34. The monoisotopic (exact) mass is 276 g/mol. The van der Waals surface area contributed by atoms with Gasteiger partial charge in [0.15, 0.2) is 0 Å². The fraction of sp³-hybridized carbons (Fsp3) is 0.273. The Labute approximate surface area is 108 Å². The average Bonchev–Trinajstić information content (AvgIpc) is 2.20. The predicted molar refractivity (Wildman–Crippen MR) is 63.7 cm³/mol. The van der Waals surface area contributed by atoms with Crippen molar-refractivity contribution in [3.63, 3.8) is 0 Å². The summed E-state index contributed by atoms with van der Waals surface area (Å²) in [6, 6.07) is 4.33. The minimum absolute atomic E-state index is 0.181. The van der Waals surface area contributed by atoms with Gasteiger partial charge in [-0.05, 0) is 30.7 Å². The first-order valence-corrected chi connectivity index (χ1v) is 5.43. The lowest BCUT2D eigenvalue weighted by Crippen LogP contribution is -2.35. The third kappa shape index (κ3) is 2.90. The third-order valence-corrected chi connectivity index (χ3v) is 3.06. The van der Waals surface area contributed by atoms with Crippen molar-refractivity contribution in [1.29, 1.82) is 0 Å². The van der Waals surface area contributed by atoms with Crippen LogP contribution in [0.5, 0.6) is 0 Å². The lowest BCUT2D eigenvalue weighted by molar-refractivity contribution is -0.149. The van der Waals surface area contributed by atoms with E-state index in [0.29, 0.717) is 5.02 Å². The second-order valence-electron chi connectivity index (χ2n) is 3.83. The van der Waals surface area contributed by atoms with Gasteiger partial charge in [-0.3, -0.25) is 9.59 Å². The summed E-state index contributed by atoms with van der Waals surface area (Å²) in [5.41, 5.74) is -1.41. The average molecular weight is 277 g/mol. The lowest BCUT2D eigenvalue weighted by Gasteiger charge is -2.24. The van der Waals surface area contributed by atoms with Gasteiger partial charge in [-0.2, -0.15) is 0 Å². The Morgan fingerprint density at radius 1 is 1.29 bits per heavy atom. The van der Waals surface area contributed by atoms with E-state index in [1.54, 1.807) is 0 Å². The highest BCUT2D eigenvalue weighted by atomic mass is 35.5. The van der Waals surface area contributed by atoms with E-state index >= 15 is 0 Å². The zero-order chi connectivity index (χ0) is 13.2. The topological polar surface area (TPSA) is 74.6 Å². The van der Waals surface area contributed by atoms with Crippen molar-refractivity contribution in [2.45, 2.75) is 18.8 Å². The summed E-state index contributed by atoms with van der Waals surface area (Å²) in [6.45, 7) is 1.31. The summed E-state index contributed by atoms with van der Waals surface area (Å²) in [7, 11) is 0. The number of carboxylic acids is 2. The molecule has 0 aliphatic heterocycles. The van der Waals surface area contributed by atoms with Gasteiger partial charge in [0.05, 0.1) is 6.42 Å². The van der Waals surface area contributed by atoms with Crippen LogP contribution in [0.4, 0.5) is 0 Å². The summed E-state index contributed by atoms with van der Waals surface area (Å²) in [5.74, 6) is -2.48. The van der Waals surface area contributed by atoms with Gasteiger partial charge in [-0.25, -0.2) is 0 Å². The highest BCUT2D eigenvalue weighted by Crippen LogP contribution is 2.35. The van der Waals surface area contributed by atoms with Gasteiger partial charge in [0.1, 0.15) is 5.41 Å². The van der Waals surface area contributed by atoms with Crippen molar-refractivity contribution in [1.82, 2.24) is 0 Å². The van der Waals surface area contributed by atoms with Gasteiger partial charge in [-0.1, -0.05) is 23.2 Å². The molecule has 0 fully saturated rings. The summed E-state index contributed by atoms with van der Waals surface area (Å²) in [6.07, 6.45) is -0.567. The maximum absolute atomic E-state index is 11.3. The van der Waals surface area contributed by atoms with Crippen molar-refractivity contribution in [3.8, 4) is 0 Å². The van der Waals surface area contributed by atoms with E-state index in [1.807, 2.05) is 0 Å². The molecule has 0 saturated heterocycles. The van der Waals surface area contributed by atoms with Crippen LogP contribution in [0.25, 0.3) is 0 Å². The minimum Gasteiger partial charge on any atom is -0.481 e. The third-order valence-electron chi connectivity index (χ3n) is 2.50. The minimum atomic E-state index is -1.60. The molecule has 92 valence electrons. The fourth-order valence-corrected chi connectivity index (χ4v) is 2.01. The molecule has 2 N–H and O–H groups in total. The number of hydrogen-bond donors (Lipinski definition) is 2. The van der Waals surface area contributed by atoms with Gasteiger partial charge < -0.3 is 10.2 Å². The molecule has 0 saturated carbocycles. The smallest absolute Gasteiger partial charge is 0.314 e. The molecule has 0 aliphatic rings. The van der Waals surface area contributed by atoms with E-state index in [4.69, 9.17) is 28.3 Å². The van der Waals surface area contributed by atoms with E-state index in [0.717, 1.165) is 0 Å². The summed E-state index contributed by atoms with van der Waals surface area (Å²) >= 11 is 11.7. The first-order valence-electron chi connectivity index (χ1n) is 4.68. The van der Waals surface area contributed by atoms with Crippen molar-refractivity contribution >= 4 is 35.1 Å². The molecule has 1 unspecified atom stereocenters. The van der Waals surface area contributed by atoms with E-state index < -0.39 is 23.8 Å². The van der Waals surface area contributed by atoms with Crippen LogP contribution in [0.3, 0.4) is 0 Å². The zero-order valence-electron chi connectivity index (χ0n) is 8.91. The zero-order valence-corrected chi connectivity index (χ0v) is 10.4. The fourth-order valence-electron chi connectivity index (χ4n) is 1.51. The van der Waals surface area contributed by atoms with Crippen LogP contribution in [-0.4, -0.2) is 22.2 Å². The summed E-state index contributed by atoms with van der Waals surface area (Å²) in [5, 5.41) is 18.5. The maximum atomic E-state index is 11.3. The van der Waals surface area contributed by atoms with Gasteiger partial charge in [-0.15, -0.1) is 0 Å². The molecule has 0 heterocycles. The van der Waals surface area contributed by atoms with E-state index in [1.165, 1.54) is 25.1 Å². The molecule has 0 spiro atoms. The highest BCUT2D eigenvalue weighted by Gasteiger charge is 2.39. The molecule has 1 rings (SSSR count). The molecular weight excluding hydrogens is 267 g/mol. The molecule has 1 aromatic rings. The molecule has 4 nitrogen and oxygen atoms in total. The quantitative estimate of drug-likeness (QED) is 0.887. The van der Waals surface area contributed by atoms with E-state index in [2.05, 4.69) is 0 Å². The van der Waals surface area contributed by atoms with Crippen molar-refractivity contribution in [2.75, 3.05) is 0 Å². The Morgan fingerprint density at radius 3 is 2.35 bits per heavy atom. The predicted octanol–water partition coefficient (Wildman–Crippen LogP) is 2.81. The number of carboxylic acid groups (broad SMARTS) is 2. The first-order chi connectivity index (χ1) is 7.77. The first kappa shape index (κ1) is 13.8. The van der Waals surface area contributed by atoms with Crippen molar-refractivity contribution < 1.29 is 19.8 Å². The number of carbonyl (C=O) groups is 2. The molecule has 17 heavy (non-hydrogen) atoms. The second kappa shape index (κ2) is 4.94. The molecule has 1 atom stereocenters. The van der Waals surface area contributed by atoms with Crippen LogP contribution in [-0.2, 0) is 15.0 Å². The van der Waals surface area contributed by atoms with Crippen LogP contribution in [0.1, 0.15) is 18.9 Å². The molecule has 0 amide bonds. The standard InChI is InChI=1S/C11H10Cl2O4/c1-11(10(16)17,5-9(14)15)7-4-6(12)2-3-8(7)13/h2-4H,5H2,1H3,(H,14,15)(H,16,17). The van der Waals surface area contributed by atoms with Gasteiger partial charge in [0.25, 0.3) is 0 Å². The van der Waals surface area contributed by atoms with Gasteiger partial charge in [0, 0.05) is 10.0 Å². The molecule has 0 aliphatic carbocycles. The summed E-state index contributed by atoms with van der Waals surface area (Å²) < 4.78 is 0. The Kier molecular flexibility index (Phi) is 4.01. The lowest BCUT2D eigenvalue weighted by atomic mass is 9.79. The van der Waals surface area contributed by atoms with Crippen LogP contribution in [0, 0.1) is 0 Å². The number of hydrogen-bond acceptors (Lipinski definition) is 2. The Bertz CT molecular complexity index is 473. The Balaban J connectivity index is 3.36. The van der Waals surface area contributed by atoms with Crippen molar-refractivity contribution in [3.05, 3.63) is 33.8 Å². The summed E-state index contributed by atoms with van der Waals surface area (Å²) in [4.78, 5) is 22.0. The van der Waals surface area contributed by atoms with Gasteiger partial charge >= 0.3 is 11.9 Å². The SMILES string of the molecule is CC(CC(=O)O)(C(=O)O)c1cc(Cl)ccc1Cl. The van der Waals surface area contributed by atoms with Gasteiger partial charge in [0.2, 0.25) is 0 Å². The molecule has 6 heteroatoms. The molecule has 0 bridgehead atoms. The molecular formula is C11H10Cl2O4. The number of benzene rings is 1. The molecule has 0 aromatic heterocycles. The van der Waals surface area contributed by atoms with Crippen molar-refractivity contribution in [2.24, 2.45) is 0 Å². The van der Waals surface area contributed by atoms with Crippen LogP contribution in [0.15, 0.2) is 18.2 Å². The Morgan fingerprint density at radius 2 is 1.88 bits per heavy atom. The number of rotatable bonds is 4. The number of aliphatic carboxylic acids is 2.